The minimum Gasteiger partial charge on any atom is -0.492 e. The van der Waals surface area contributed by atoms with Gasteiger partial charge >= 0.3 is 0 Å². The zero-order valence-electron chi connectivity index (χ0n) is 8.20. The first-order chi connectivity index (χ1) is 7.16. The van der Waals surface area contributed by atoms with Crippen molar-refractivity contribution in [1.29, 1.82) is 0 Å². The fourth-order valence-corrected chi connectivity index (χ4v) is 1.63. The zero-order valence-corrected chi connectivity index (χ0v) is 9.77. The molecule has 1 saturated carbocycles. The monoisotopic (exact) mass is 241 g/mol. The van der Waals surface area contributed by atoms with Crippen molar-refractivity contribution in [2.45, 2.75) is 12.8 Å². The third kappa shape index (κ3) is 2.83. The van der Waals surface area contributed by atoms with E-state index in [1.165, 1.54) is 12.8 Å². The van der Waals surface area contributed by atoms with Gasteiger partial charge in [0.05, 0.1) is 11.6 Å². The molecule has 1 aliphatic rings. The number of hydrogen-bond donors (Lipinski definition) is 1. The van der Waals surface area contributed by atoms with Crippen molar-refractivity contribution in [2.24, 2.45) is 11.7 Å². The highest BCUT2D eigenvalue weighted by molar-refractivity contribution is 7.80. The van der Waals surface area contributed by atoms with Crippen LogP contribution in [0.4, 0.5) is 0 Å². The van der Waals surface area contributed by atoms with Gasteiger partial charge < -0.3 is 10.5 Å². The van der Waals surface area contributed by atoms with Crippen LogP contribution in [0.15, 0.2) is 18.2 Å². The molecular formula is C11H12ClNOS. The lowest BCUT2D eigenvalue weighted by atomic mass is 10.2. The Hall–Kier alpha value is -0.800. The topological polar surface area (TPSA) is 35.2 Å². The summed E-state index contributed by atoms with van der Waals surface area (Å²) in [6, 6.07) is 5.39. The second-order valence-electron chi connectivity index (χ2n) is 3.76. The molecule has 2 rings (SSSR count). The van der Waals surface area contributed by atoms with E-state index >= 15 is 0 Å². The molecule has 0 spiro atoms. The molecule has 15 heavy (non-hydrogen) atoms. The van der Waals surface area contributed by atoms with Crippen LogP contribution in [0.2, 0.25) is 5.02 Å². The highest BCUT2D eigenvalue weighted by atomic mass is 35.5. The Balaban J connectivity index is 2.07. The first-order valence-electron chi connectivity index (χ1n) is 4.89. The Morgan fingerprint density at radius 2 is 2.27 bits per heavy atom. The highest BCUT2D eigenvalue weighted by Crippen LogP contribution is 2.31. The number of thiocarbonyl (C=S) groups is 1. The quantitative estimate of drug-likeness (QED) is 0.824. The summed E-state index contributed by atoms with van der Waals surface area (Å²) in [6.07, 6.45) is 2.53. The average Bonchev–Trinajstić information content (AvgIpc) is 2.99. The molecule has 0 aromatic heterocycles. The van der Waals surface area contributed by atoms with Crippen molar-refractivity contribution >= 4 is 28.8 Å². The van der Waals surface area contributed by atoms with Gasteiger partial charge in [-0.05, 0) is 37.0 Å². The van der Waals surface area contributed by atoms with Crippen LogP contribution in [0, 0.1) is 5.92 Å². The molecule has 1 aromatic rings. The highest BCUT2D eigenvalue weighted by Gasteiger charge is 2.22. The van der Waals surface area contributed by atoms with Gasteiger partial charge in [-0.25, -0.2) is 0 Å². The molecule has 4 heteroatoms. The predicted molar refractivity (Wildman–Crippen MR) is 65.6 cm³/mol. The number of rotatable bonds is 4. The summed E-state index contributed by atoms with van der Waals surface area (Å²) in [7, 11) is 0. The predicted octanol–water partition coefficient (Wildman–Crippen LogP) is 2.76. The largest absolute Gasteiger partial charge is 0.492 e. The maximum atomic E-state index is 6.04. The molecule has 0 saturated heterocycles. The van der Waals surface area contributed by atoms with Gasteiger partial charge in [0.1, 0.15) is 10.7 Å². The number of ether oxygens (including phenoxy) is 1. The maximum absolute atomic E-state index is 6.04. The van der Waals surface area contributed by atoms with E-state index in [0.29, 0.717) is 15.8 Å². The van der Waals surface area contributed by atoms with E-state index in [1.807, 2.05) is 12.1 Å². The number of hydrogen-bond acceptors (Lipinski definition) is 2. The van der Waals surface area contributed by atoms with Gasteiger partial charge in [0.25, 0.3) is 0 Å². The minimum atomic E-state index is 0.352. The summed E-state index contributed by atoms with van der Waals surface area (Å²) in [4.78, 5) is 0.352. The van der Waals surface area contributed by atoms with Crippen LogP contribution in [0.25, 0.3) is 0 Å². The molecule has 1 aromatic carbocycles. The van der Waals surface area contributed by atoms with E-state index in [0.717, 1.165) is 18.1 Å². The summed E-state index contributed by atoms with van der Waals surface area (Å²) < 4.78 is 5.58. The molecule has 0 amide bonds. The molecule has 0 bridgehead atoms. The van der Waals surface area contributed by atoms with Gasteiger partial charge in [0, 0.05) is 5.56 Å². The summed E-state index contributed by atoms with van der Waals surface area (Å²) in [5.41, 5.74) is 6.27. The molecule has 1 fully saturated rings. The van der Waals surface area contributed by atoms with Crippen molar-refractivity contribution in [3.63, 3.8) is 0 Å². The fourth-order valence-electron chi connectivity index (χ4n) is 1.26. The van der Waals surface area contributed by atoms with Crippen molar-refractivity contribution in [1.82, 2.24) is 0 Å². The zero-order chi connectivity index (χ0) is 10.8. The van der Waals surface area contributed by atoms with E-state index in [1.54, 1.807) is 6.07 Å². The van der Waals surface area contributed by atoms with E-state index in [4.69, 9.17) is 34.3 Å². The summed E-state index contributed by atoms with van der Waals surface area (Å²) >= 11 is 10.9. The van der Waals surface area contributed by atoms with Crippen LogP contribution < -0.4 is 10.5 Å². The van der Waals surface area contributed by atoms with E-state index in [2.05, 4.69) is 0 Å². The smallest absolute Gasteiger partial charge is 0.137 e. The molecule has 2 N–H and O–H groups in total. The Labute approximate surface area is 99.4 Å². The second-order valence-corrected chi connectivity index (χ2v) is 4.61. The molecule has 80 valence electrons. The third-order valence-corrected chi connectivity index (χ3v) is 2.92. The van der Waals surface area contributed by atoms with E-state index in [-0.39, 0.29) is 0 Å². The van der Waals surface area contributed by atoms with E-state index < -0.39 is 0 Å². The fraction of sp³-hybridized carbons (Fsp3) is 0.364. The molecule has 2 nitrogen and oxygen atoms in total. The molecule has 0 aliphatic heterocycles. The van der Waals surface area contributed by atoms with Crippen LogP contribution in [0.5, 0.6) is 5.75 Å². The normalized spacial score (nSPS) is 15.0. The second kappa shape index (κ2) is 4.37. The van der Waals surface area contributed by atoms with Gasteiger partial charge in [-0.3, -0.25) is 0 Å². The van der Waals surface area contributed by atoms with Crippen molar-refractivity contribution in [2.75, 3.05) is 6.61 Å². The van der Waals surface area contributed by atoms with Crippen LogP contribution in [0.1, 0.15) is 18.4 Å². The van der Waals surface area contributed by atoms with E-state index in [9.17, 15) is 0 Å². The lowest BCUT2D eigenvalue weighted by Gasteiger charge is -2.08. The Morgan fingerprint density at radius 1 is 1.53 bits per heavy atom. The molecule has 0 atom stereocenters. The minimum absolute atomic E-state index is 0.352. The molecule has 0 unspecified atom stereocenters. The van der Waals surface area contributed by atoms with Crippen molar-refractivity contribution < 1.29 is 4.74 Å². The molecule has 0 radical (unpaired) electrons. The van der Waals surface area contributed by atoms with Crippen molar-refractivity contribution in [3.8, 4) is 5.75 Å². The van der Waals surface area contributed by atoms with Crippen LogP contribution >= 0.6 is 23.8 Å². The maximum Gasteiger partial charge on any atom is 0.137 e. The first-order valence-corrected chi connectivity index (χ1v) is 5.67. The van der Waals surface area contributed by atoms with Gasteiger partial charge in [-0.2, -0.15) is 0 Å². The molecule has 0 heterocycles. The lowest BCUT2D eigenvalue weighted by Crippen LogP contribution is -2.09. The standard InChI is InChI=1S/C11H12ClNOS/c12-9-5-8(11(13)15)3-4-10(9)14-6-7-1-2-7/h3-5,7H,1-2,6H2,(H2,13,15). The summed E-state index contributed by atoms with van der Waals surface area (Å²) in [5.74, 6) is 1.43. The summed E-state index contributed by atoms with van der Waals surface area (Å²) in [6.45, 7) is 0.756. The number of benzene rings is 1. The van der Waals surface area contributed by atoms with Crippen LogP contribution in [-0.4, -0.2) is 11.6 Å². The lowest BCUT2D eigenvalue weighted by molar-refractivity contribution is 0.300. The Morgan fingerprint density at radius 3 is 2.80 bits per heavy atom. The third-order valence-electron chi connectivity index (χ3n) is 2.39. The average molecular weight is 242 g/mol. The van der Waals surface area contributed by atoms with Crippen molar-refractivity contribution in [3.05, 3.63) is 28.8 Å². The SMILES string of the molecule is NC(=S)c1ccc(OCC2CC2)c(Cl)c1. The van der Waals surface area contributed by atoms with Gasteiger partial charge in [-0.1, -0.05) is 23.8 Å². The number of nitrogens with two attached hydrogens (primary N) is 1. The number of halogens is 1. The van der Waals surface area contributed by atoms with Crippen LogP contribution in [-0.2, 0) is 0 Å². The Kier molecular flexibility index (Phi) is 3.12. The Bertz CT molecular complexity index is 390. The van der Waals surface area contributed by atoms with Gasteiger partial charge in [0.2, 0.25) is 0 Å². The van der Waals surface area contributed by atoms with Gasteiger partial charge in [-0.15, -0.1) is 0 Å². The first kappa shape index (κ1) is 10.7. The molecular weight excluding hydrogens is 230 g/mol. The van der Waals surface area contributed by atoms with Crippen LogP contribution in [0.3, 0.4) is 0 Å². The van der Waals surface area contributed by atoms with Gasteiger partial charge in [0.15, 0.2) is 0 Å². The summed E-state index contributed by atoms with van der Waals surface area (Å²) in [5, 5.41) is 0.570. The molecule has 1 aliphatic carbocycles.